The van der Waals surface area contributed by atoms with Crippen molar-refractivity contribution in [2.24, 2.45) is 0 Å². The van der Waals surface area contributed by atoms with Gasteiger partial charge in [0.2, 0.25) is 11.8 Å². The van der Waals surface area contributed by atoms with E-state index < -0.39 is 0 Å². The zero-order valence-corrected chi connectivity index (χ0v) is 17.8. The lowest BCUT2D eigenvalue weighted by Gasteiger charge is -2.14. The number of nitrogens with zero attached hydrogens (tertiary/aromatic N) is 2. The van der Waals surface area contributed by atoms with Gasteiger partial charge in [0.1, 0.15) is 5.75 Å². The van der Waals surface area contributed by atoms with E-state index in [0.29, 0.717) is 17.7 Å². The molecule has 0 unspecified atom stereocenters. The van der Waals surface area contributed by atoms with Gasteiger partial charge in [-0.3, -0.25) is 4.72 Å². The van der Waals surface area contributed by atoms with Crippen LogP contribution in [0.25, 0.3) is 11.3 Å². The summed E-state index contributed by atoms with van der Waals surface area (Å²) in [5.41, 5.74) is 3.15. The summed E-state index contributed by atoms with van der Waals surface area (Å²) in [5, 5.41) is 0. The molecule has 0 aliphatic rings. The molecule has 0 saturated heterocycles. The number of rotatable bonds is 7. The molecule has 4 rings (SSSR count). The minimum Gasteiger partial charge on any atom is -0.439 e. The number of ether oxygens (including phenoxy) is 1. The van der Waals surface area contributed by atoms with Crippen LogP contribution in [-0.4, -0.2) is 9.97 Å². The van der Waals surface area contributed by atoms with Gasteiger partial charge in [-0.2, -0.15) is 4.98 Å². The summed E-state index contributed by atoms with van der Waals surface area (Å²) in [6.45, 7) is 4.37. The van der Waals surface area contributed by atoms with Gasteiger partial charge >= 0.3 is 0 Å². The SMILES string of the molecule is CC(C)c1ccccc1-c1cc(Oc2ccccc2)nc(NSc2ccccc2)n1. The van der Waals surface area contributed by atoms with Gasteiger partial charge in [-0.05, 0) is 47.7 Å². The molecule has 0 amide bonds. The van der Waals surface area contributed by atoms with Crippen LogP contribution >= 0.6 is 11.9 Å². The Morgan fingerprint density at radius 2 is 1.47 bits per heavy atom. The molecule has 0 bridgehead atoms. The van der Waals surface area contributed by atoms with Crippen molar-refractivity contribution >= 4 is 17.9 Å². The Kier molecular flexibility index (Phi) is 6.30. The monoisotopic (exact) mass is 413 g/mol. The Hall–Kier alpha value is -3.31. The normalized spacial score (nSPS) is 10.8. The standard InChI is InChI=1S/C25H23N3OS/c1-18(2)21-15-9-10-16-22(21)23-17-24(29-19-11-5-3-6-12-19)27-25(26-23)28-30-20-13-7-4-8-14-20/h3-18H,1-2H3,(H,26,27,28). The molecular formula is C25H23N3OS. The second kappa shape index (κ2) is 9.46. The molecule has 5 heteroatoms. The third-order valence-electron chi connectivity index (χ3n) is 4.53. The predicted molar refractivity (Wildman–Crippen MR) is 124 cm³/mol. The van der Waals surface area contributed by atoms with Gasteiger partial charge in [0.15, 0.2) is 0 Å². The van der Waals surface area contributed by atoms with Gasteiger partial charge in [0.25, 0.3) is 0 Å². The highest BCUT2D eigenvalue weighted by atomic mass is 32.2. The van der Waals surface area contributed by atoms with Crippen LogP contribution in [0.5, 0.6) is 11.6 Å². The number of benzene rings is 3. The molecule has 3 aromatic carbocycles. The third-order valence-corrected chi connectivity index (χ3v) is 5.32. The van der Waals surface area contributed by atoms with Crippen LogP contribution in [0.4, 0.5) is 5.95 Å². The highest BCUT2D eigenvalue weighted by Gasteiger charge is 2.13. The van der Waals surface area contributed by atoms with Gasteiger partial charge in [0, 0.05) is 16.5 Å². The first-order chi connectivity index (χ1) is 14.7. The van der Waals surface area contributed by atoms with E-state index in [9.17, 15) is 0 Å². The summed E-state index contributed by atoms with van der Waals surface area (Å²) in [4.78, 5) is 10.4. The van der Waals surface area contributed by atoms with E-state index in [0.717, 1.165) is 21.9 Å². The predicted octanol–water partition coefficient (Wildman–Crippen LogP) is 7.18. The Balaban J connectivity index is 1.70. The van der Waals surface area contributed by atoms with Crippen molar-refractivity contribution < 1.29 is 4.74 Å². The Morgan fingerprint density at radius 1 is 0.800 bits per heavy atom. The molecule has 0 aliphatic heterocycles. The van der Waals surface area contributed by atoms with E-state index >= 15 is 0 Å². The first-order valence-corrected chi connectivity index (χ1v) is 10.7. The van der Waals surface area contributed by atoms with Gasteiger partial charge in [-0.1, -0.05) is 74.5 Å². The Morgan fingerprint density at radius 3 is 2.20 bits per heavy atom. The van der Waals surface area contributed by atoms with Crippen LogP contribution in [0.15, 0.2) is 95.9 Å². The summed E-state index contributed by atoms with van der Waals surface area (Å²) in [6, 6.07) is 30.0. The minimum absolute atomic E-state index is 0.379. The molecule has 0 saturated carbocycles. The van der Waals surface area contributed by atoms with Crippen LogP contribution in [0, 0.1) is 0 Å². The number of nitrogens with one attached hydrogen (secondary N) is 1. The summed E-state index contributed by atoms with van der Waals surface area (Å²) in [5.74, 6) is 2.12. The van der Waals surface area contributed by atoms with Crippen LogP contribution in [0.2, 0.25) is 0 Å². The maximum Gasteiger partial charge on any atom is 0.237 e. The van der Waals surface area contributed by atoms with E-state index in [2.05, 4.69) is 41.8 Å². The molecule has 1 heterocycles. The Bertz CT molecular complexity index is 1100. The van der Waals surface area contributed by atoms with Crippen molar-refractivity contribution in [1.82, 2.24) is 9.97 Å². The van der Waals surface area contributed by atoms with E-state index in [1.54, 1.807) is 0 Å². The van der Waals surface area contributed by atoms with E-state index in [4.69, 9.17) is 9.72 Å². The molecule has 0 aliphatic carbocycles. The molecular weight excluding hydrogens is 390 g/mol. The quantitative estimate of drug-likeness (QED) is 0.325. The van der Waals surface area contributed by atoms with Crippen molar-refractivity contribution in [1.29, 1.82) is 0 Å². The first-order valence-electron chi connectivity index (χ1n) is 9.88. The minimum atomic E-state index is 0.379. The summed E-state index contributed by atoms with van der Waals surface area (Å²) < 4.78 is 9.29. The molecule has 4 nitrogen and oxygen atoms in total. The molecule has 150 valence electrons. The van der Waals surface area contributed by atoms with Crippen LogP contribution < -0.4 is 9.46 Å². The average molecular weight is 414 g/mol. The van der Waals surface area contributed by atoms with Crippen molar-refractivity contribution in [3.8, 4) is 22.9 Å². The molecule has 30 heavy (non-hydrogen) atoms. The maximum atomic E-state index is 6.03. The van der Waals surface area contributed by atoms with Gasteiger partial charge in [-0.25, -0.2) is 4.98 Å². The topological polar surface area (TPSA) is 47.0 Å². The second-order valence-corrected chi connectivity index (χ2v) is 7.97. The molecule has 1 aromatic heterocycles. The highest BCUT2D eigenvalue weighted by molar-refractivity contribution is 8.00. The number of aromatic nitrogens is 2. The molecule has 0 fully saturated rings. The summed E-state index contributed by atoms with van der Waals surface area (Å²) in [6.07, 6.45) is 0. The van der Waals surface area contributed by atoms with Crippen molar-refractivity contribution in [2.45, 2.75) is 24.7 Å². The van der Waals surface area contributed by atoms with E-state index in [-0.39, 0.29) is 0 Å². The lowest BCUT2D eigenvalue weighted by Crippen LogP contribution is -2.01. The second-order valence-electron chi connectivity index (χ2n) is 7.09. The summed E-state index contributed by atoms with van der Waals surface area (Å²) >= 11 is 1.47. The van der Waals surface area contributed by atoms with E-state index in [1.807, 2.05) is 72.8 Å². The fraction of sp³-hybridized carbons (Fsp3) is 0.120. The van der Waals surface area contributed by atoms with Crippen LogP contribution in [0.3, 0.4) is 0 Å². The van der Waals surface area contributed by atoms with Gasteiger partial charge in [0.05, 0.1) is 5.69 Å². The maximum absolute atomic E-state index is 6.03. The molecule has 0 radical (unpaired) electrons. The molecule has 4 aromatic rings. The summed E-state index contributed by atoms with van der Waals surface area (Å²) in [7, 11) is 0. The van der Waals surface area contributed by atoms with Crippen LogP contribution in [0.1, 0.15) is 25.3 Å². The average Bonchev–Trinajstić information content (AvgIpc) is 2.79. The van der Waals surface area contributed by atoms with E-state index in [1.165, 1.54) is 17.5 Å². The first kappa shape index (κ1) is 20.0. The Labute approximate surface area is 181 Å². The largest absolute Gasteiger partial charge is 0.439 e. The fourth-order valence-electron chi connectivity index (χ4n) is 3.10. The number of hydrogen-bond acceptors (Lipinski definition) is 5. The van der Waals surface area contributed by atoms with Crippen molar-refractivity contribution in [3.63, 3.8) is 0 Å². The van der Waals surface area contributed by atoms with Crippen molar-refractivity contribution in [3.05, 3.63) is 96.6 Å². The number of hydrogen-bond donors (Lipinski definition) is 1. The van der Waals surface area contributed by atoms with Crippen molar-refractivity contribution in [2.75, 3.05) is 4.72 Å². The molecule has 0 atom stereocenters. The fourth-order valence-corrected chi connectivity index (χ4v) is 3.69. The van der Waals surface area contributed by atoms with Crippen LogP contribution in [-0.2, 0) is 0 Å². The molecule has 1 N–H and O–H groups in total. The number of para-hydroxylation sites is 1. The van der Waals surface area contributed by atoms with Gasteiger partial charge in [-0.15, -0.1) is 0 Å². The molecule has 0 spiro atoms. The van der Waals surface area contributed by atoms with Gasteiger partial charge < -0.3 is 4.74 Å². The number of anilines is 1. The smallest absolute Gasteiger partial charge is 0.237 e. The highest BCUT2D eigenvalue weighted by Crippen LogP contribution is 2.32. The zero-order chi connectivity index (χ0) is 20.8. The lowest BCUT2D eigenvalue weighted by molar-refractivity contribution is 0.463. The zero-order valence-electron chi connectivity index (χ0n) is 16.9. The third kappa shape index (κ3) is 4.99. The lowest BCUT2D eigenvalue weighted by atomic mass is 9.95.